The van der Waals surface area contributed by atoms with Crippen molar-refractivity contribution >= 4 is 35.0 Å². The molecule has 1 atom stereocenters. The highest BCUT2D eigenvalue weighted by Crippen LogP contribution is 2.26. The SMILES string of the molecule is CNC(=O)[C@H](Cc1ccccc1)N(Cc1ccccc1Cl)C(=O)COc1cc(C)c(Cl)c(C)c1. The first-order chi connectivity index (χ1) is 16.3. The predicted molar refractivity (Wildman–Crippen MR) is 136 cm³/mol. The van der Waals surface area contributed by atoms with Gasteiger partial charge in [-0.2, -0.15) is 0 Å². The molecule has 0 saturated carbocycles. The van der Waals surface area contributed by atoms with Crippen LogP contribution in [-0.4, -0.2) is 36.4 Å². The Morgan fingerprint density at radius 3 is 2.21 bits per heavy atom. The van der Waals surface area contributed by atoms with E-state index in [0.29, 0.717) is 22.2 Å². The molecule has 0 heterocycles. The second-order valence-corrected chi connectivity index (χ2v) is 8.88. The van der Waals surface area contributed by atoms with Crippen LogP contribution in [0.25, 0.3) is 0 Å². The number of hydrogen-bond acceptors (Lipinski definition) is 3. The molecule has 1 N–H and O–H groups in total. The fourth-order valence-electron chi connectivity index (χ4n) is 3.75. The van der Waals surface area contributed by atoms with Crippen LogP contribution in [0.15, 0.2) is 66.7 Å². The summed E-state index contributed by atoms with van der Waals surface area (Å²) in [7, 11) is 1.56. The number of nitrogens with zero attached hydrogens (tertiary/aromatic N) is 1. The maximum atomic E-state index is 13.5. The lowest BCUT2D eigenvalue weighted by atomic mass is 10.0. The van der Waals surface area contributed by atoms with Crippen molar-refractivity contribution in [2.24, 2.45) is 0 Å². The number of rotatable bonds is 9. The Balaban J connectivity index is 1.90. The van der Waals surface area contributed by atoms with Crippen LogP contribution in [0, 0.1) is 13.8 Å². The molecule has 0 fully saturated rings. The lowest BCUT2D eigenvalue weighted by Gasteiger charge is -2.31. The molecule has 0 unspecified atom stereocenters. The Morgan fingerprint density at radius 2 is 1.59 bits per heavy atom. The summed E-state index contributed by atoms with van der Waals surface area (Å²) in [6.45, 7) is 3.71. The molecule has 34 heavy (non-hydrogen) atoms. The first-order valence-electron chi connectivity index (χ1n) is 11.0. The quantitative estimate of drug-likeness (QED) is 0.431. The number of benzene rings is 3. The summed E-state index contributed by atoms with van der Waals surface area (Å²) in [5.74, 6) is -0.0397. The molecule has 0 aromatic heterocycles. The van der Waals surface area contributed by atoms with Gasteiger partial charge in [-0.25, -0.2) is 0 Å². The van der Waals surface area contributed by atoms with E-state index in [4.69, 9.17) is 27.9 Å². The zero-order chi connectivity index (χ0) is 24.7. The molecule has 5 nitrogen and oxygen atoms in total. The Labute approximate surface area is 210 Å². The van der Waals surface area contributed by atoms with Crippen LogP contribution >= 0.6 is 23.2 Å². The van der Waals surface area contributed by atoms with Gasteiger partial charge < -0.3 is 15.0 Å². The molecule has 0 radical (unpaired) electrons. The van der Waals surface area contributed by atoms with Crippen LogP contribution in [0.4, 0.5) is 0 Å². The minimum atomic E-state index is -0.742. The van der Waals surface area contributed by atoms with E-state index in [2.05, 4.69) is 5.32 Å². The van der Waals surface area contributed by atoms with Gasteiger partial charge in [0.25, 0.3) is 5.91 Å². The Hall–Kier alpha value is -3.02. The zero-order valence-corrected chi connectivity index (χ0v) is 21.0. The maximum Gasteiger partial charge on any atom is 0.261 e. The Morgan fingerprint density at radius 1 is 0.971 bits per heavy atom. The van der Waals surface area contributed by atoms with Crippen molar-refractivity contribution in [3.8, 4) is 5.75 Å². The third-order valence-electron chi connectivity index (χ3n) is 5.59. The molecular formula is C27H28Cl2N2O3. The maximum absolute atomic E-state index is 13.5. The molecule has 2 amide bonds. The molecular weight excluding hydrogens is 471 g/mol. The second kappa shape index (κ2) is 11.9. The van der Waals surface area contributed by atoms with Crippen LogP contribution in [0.5, 0.6) is 5.75 Å². The van der Waals surface area contributed by atoms with E-state index in [1.807, 2.05) is 62.4 Å². The van der Waals surface area contributed by atoms with Gasteiger partial charge in [0.2, 0.25) is 5.91 Å². The molecule has 3 aromatic carbocycles. The van der Waals surface area contributed by atoms with Gasteiger partial charge in [0.05, 0.1) is 0 Å². The zero-order valence-electron chi connectivity index (χ0n) is 19.5. The molecule has 0 bridgehead atoms. The molecule has 0 aliphatic rings. The molecule has 0 spiro atoms. The summed E-state index contributed by atoms with van der Waals surface area (Å²) in [6.07, 6.45) is 0.357. The van der Waals surface area contributed by atoms with Gasteiger partial charge >= 0.3 is 0 Å². The normalized spacial score (nSPS) is 11.6. The van der Waals surface area contributed by atoms with Crippen LogP contribution < -0.4 is 10.1 Å². The third-order valence-corrected chi connectivity index (χ3v) is 6.55. The first kappa shape index (κ1) is 25.6. The second-order valence-electron chi connectivity index (χ2n) is 8.09. The summed E-state index contributed by atoms with van der Waals surface area (Å²) in [4.78, 5) is 27.9. The topological polar surface area (TPSA) is 58.6 Å². The summed E-state index contributed by atoms with van der Waals surface area (Å²) in [6, 6.07) is 19.7. The number of ether oxygens (including phenoxy) is 1. The van der Waals surface area contributed by atoms with E-state index in [1.54, 1.807) is 25.2 Å². The molecule has 178 valence electrons. The summed E-state index contributed by atoms with van der Waals surface area (Å²) in [5.41, 5.74) is 3.42. The van der Waals surface area contributed by atoms with E-state index in [1.165, 1.54) is 4.90 Å². The molecule has 3 rings (SSSR count). The fraction of sp³-hybridized carbons (Fsp3) is 0.259. The van der Waals surface area contributed by atoms with Crippen molar-refractivity contribution in [1.82, 2.24) is 10.2 Å². The number of hydrogen-bond donors (Lipinski definition) is 1. The number of amides is 2. The predicted octanol–water partition coefficient (Wildman–Crippen LogP) is 5.38. The number of halogens is 2. The van der Waals surface area contributed by atoms with Crippen molar-refractivity contribution in [2.75, 3.05) is 13.7 Å². The van der Waals surface area contributed by atoms with Crippen LogP contribution in [0.1, 0.15) is 22.3 Å². The van der Waals surface area contributed by atoms with Crippen LogP contribution in [0.3, 0.4) is 0 Å². The molecule has 0 aliphatic carbocycles. The van der Waals surface area contributed by atoms with Gasteiger partial charge in [-0.3, -0.25) is 9.59 Å². The molecule has 0 aliphatic heterocycles. The van der Waals surface area contributed by atoms with E-state index < -0.39 is 6.04 Å². The van der Waals surface area contributed by atoms with Crippen molar-refractivity contribution in [2.45, 2.75) is 32.9 Å². The van der Waals surface area contributed by atoms with Crippen LogP contribution in [0.2, 0.25) is 10.0 Å². The molecule has 7 heteroatoms. The van der Waals surface area contributed by atoms with Crippen molar-refractivity contribution in [3.63, 3.8) is 0 Å². The molecule has 0 saturated heterocycles. The standard InChI is InChI=1S/C27H28Cl2N2O3/c1-18-13-22(14-19(2)26(18)29)34-17-25(32)31(16-21-11-7-8-12-23(21)28)24(27(33)30-3)15-20-9-5-4-6-10-20/h4-14,24H,15-17H2,1-3H3,(H,30,33)/t24-/m0/s1. The van der Waals surface area contributed by atoms with E-state index in [9.17, 15) is 9.59 Å². The number of aryl methyl sites for hydroxylation is 2. The molecule has 3 aromatic rings. The summed E-state index contributed by atoms with van der Waals surface area (Å²) in [5, 5.41) is 3.89. The van der Waals surface area contributed by atoms with Gasteiger partial charge in [-0.1, -0.05) is 71.7 Å². The number of carbonyl (C=O) groups is 2. The lowest BCUT2D eigenvalue weighted by Crippen LogP contribution is -2.51. The van der Waals surface area contributed by atoms with Gasteiger partial charge in [-0.15, -0.1) is 0 Å². The van der Waals surface area contributed by atoms with Gasteiger partial charge in [0, 0.05) is 30.1 Å². The highest BCUT2D eigenvalue weighted by molar-refractivity contribution is 6.32. The Bertz CT molecular complexity index is 1130. The van der Waals surface area contributed by atoms with Crippen molar-refractivity contribution in [3.05, 3.63) is 99.0 Å². The number of nitrogens with one attached hydrogen (secondary N) is 1. The highest BCUT2D eigenvalue weighted by Gasteiger charge is 2.30. The summed E-state index contributed by atoms with van der Waals surface area (Å²) < 4.78 is 5.83. The van der Waals surface area contributed by atoms with E-state index in [0.717, 1.165) is 22.3 Å². The minimum Gasteiger partial charge on any atom is -0.484 e. The van der Waals surface area contributed by atoms with Crippen molar-refractivity contribution in [1.29, 1.82) is 0 Å². The summed E-state index contributed by atoms with van der Waals surface area (Å²) >= 11 is 12.6. The van der Waals surface area contributed by atoms with Gasteiger partial charge in [0.15, 0.2) is 6.61 Å². The first-order valence-corrected chi connectivity index (χ1v) is 11.7. The monoisotopic (exact) mass is 498 g/mol. The van der Waals surface area contributed by atoms with Gasteiger partial charge in [-0.05, 0) is 54.3 Å². The Kier molecular flexibility index (Phi) is 8.97. The van der Waals surface area contributed by atoms with E-state index >= 15 is 0 Å². The van der Waals surface area contributed by atoms with E-state index in [-0.39, 0.29) is 25.0 Å². The highest BCUT2D eigenvalue weighted by atomic mass is 35.5. The smallest absolute Gasteiger partial charge is 0.261 e. The number of carbonyl (C=O) groups excluding carboxylic acids is 2. The average Bonchev–Trinajstić information content (AvgIpc) is 2.84. The number of likely N-dealkylation sites (N-methyl/N-ethyl adjacent to an activating group) is 1. The minimum absolute atomic E-state index is 0.172. The fourth-order valence-corrected chi connectivity index (χ4v) is 4.05. The van der Waals surface area contributed by atoms with Crippen LogP contribution in [-0.2, 0) is 22.6 Å². The lowest BCUT2D eigenvalue weighted by molar-refractivity contribution is -0.142. The van der Waals surface area contributed by atoms with Crippen molar-refractivity contribution < 1.29 is 14.3 Å². The average molecular weight is 499 g/mol. The van der Waals surface area contributed by atoms with Gasteiger partial charge in [0.1, 0.15) is 11.8 Å². The largest absolute Gasteiger partial charge is 0.484 e. The third kappa shape index (κ3) is 6.52.